The second-order valence-corrected chi connectivity index (χ2v) is 5.94. The first kappa shape index (κ1) is 17.7. The van der Waals surface area contributed by atoms with Crippen molar-refractivity contribution in [1.29, 1.82) is 0 Å². The molecule has 0 aliphatic heterocycles. The Hall–Kier alpha value is -3.08. The van der Waals surface area contributed by atoms with Gasteiger partial charge in [0.1, 0.15) is 11.6 Å². The van der Waals surface area contributed by atoms with E-state index in [-0.39, 0.29) is 0 Å². The lowest BCUT2D eigenvalue weighted by Crippen LogP contribution is -2.05. The number of aromatic nitrogens is 2. The summed E-state index contributed by atoms with van der Waals surface area (Å²) in [6.45, 7) is 3.11. The van der Waals surface area contributed by atoms with E-state index >= 15 is 0 Å². The van der Waals surface area contributed by atoms with Gasteiger partial charge < -0.3 is 15.4 Å². The average Bonchev–Trinajstić information content (AvgIpc) is 2.68. The predicted molar refractivity (Wildman–Crippen MR) is 106 cm³/mol. The SMILES string of the molecule is CCCCCNc1ccnc(Nc2ccccc2Oc2ccccc2)n1. The van der Waals surface area contributed by atoms with E-state index in [1.54, 1.807) is 6.20 Å². The first-order chi connectivity index (χ1) is 12.8. The maximum Gasteiger partial charge on any atom is 0.229 e. The van der Waals surface area contributed by atoms with Crippen LogP contribution in [0.4, 0.5) is 17.5 Å². The van der Waals surface area contributed by atoms with Crippen molar-refractivity contribution < 1.29 is 4.74 Å². The monoisotopic (exact) mass is 348 g/mol. The van der Waals surface area contributed by atoms with Crippen LogP contribution < -0.4 is 15.4 Å². The van der Waals surface area contributed by atoms with Crippen LogP contribution in [0.1, 0.15) is 26.2 Å². The zero-order chi connectivity index (χ0) is 18.0. The number of unbranched alkanes of at least 4 members (excludes halogenated alkanes) is 2. The molecule has 2 aromatic carbocycles. The fraction of sp³-hybridized carbons (Fsp3) is 0.238. The van der Waals surface area contributed by atoms with Gasteiger partial charge in [-0.1, -0.05) is 50.1 Å². The van der Waals surface area contributed by atoms with Crippen LogP contribution in [0.5, 0.6) is 11.5 Å². The number of para-hydroxylation sites is 3. The molecule has 0 amide bonds. The zero-order valence-corrected chi connectivity index (χ0v) is 15.0. The smallest absolute Gasteiger partial charge is 0.229 e. The lowest BCUT2D eigenvalue weighted by molar-refractivity contribution is 0.485. The normalized spacial score (nSPS) is 10.3. The van der Waals surface area contributed by atoms with Crippen molar-refractivity contribution in [3.05, 3.63) is 66.9 Å². The highest BCUT2D eigenvalue weighted by Gasteiger charge is 2.07. The Morgan fingerprint density at radius 1 is 0.923 bits per heavy atom. The standard InChI is InChI=1S/C21H24N4O/c1-2-3-9-15-22-20-14-16-23-21(25-20)24-18-12-7-8-13-19(18)26-17-10-5-4-6-11-17/h4-8,10-14,16H,2-3,9,15H2,1H3,(H2,22,23,24,25). The van der Waals surface area contributed by atoms with E-state index in [0.717, 1.165) is 36.0 Å². The van der Waals surface area contributed by atoms with Crippen LogP contribution in [0.2, 0.25) is 0 Å². The molecule has 0 aliphatic rings. The number of hydrogen-bond acceptors (Lipinski definition) is 5. The first-order valence-corrected chi connectivity index (χ1v) is 9.01. The molecule has 0 bridgehead atoms. The van der Waals surface area contributed by atoms with Gasteiger partial charge in [0.2, 0.25) is 5.95 Å². The third-order valence-electron chi connectivity index (χ3n) is 3.85. The third-order valence-corrected chi connectivity index (χ3v) is 3.85. The lowest BCUT2D eigenvalue weighted by Gasteiger charge is -2.12. The van der Waals surface area contributed by atoms with Crippen molar-refractivity contribution in [3.63, 3.8) is 0 Å². The summed E-state index contributed by atoms with van der Waals surface area (Å²) < 4.78 is 5.97. The summed E-state index contributed by atoms with van der Waals surface area (Å²) in [5.74, 6) is 2.87. The van der Waals surface area contributed by atoms with E-state index < -0.39 is 0 Å². The van der Waals surface area contributed by atoms with Gasteiger partial charge in [0.15, 0.2) is 5.75 Å². The molecular weight excluding hydrogens is 324 g/mol. The van der Waals surface area contributed by atoms with E-state index in [2.05, 4.69) is 27.5 Å². The maximum atomic E-state index is 5.97. The van der Waals surface area contributed by atoms with Gasteiger partial charge in [0.05, 0.1) is 5.69 Å². The van der Waals surface area contributed by atoms with Crippen molar-refractivity contribution in [1.82, 2.24) is 9.97 Å². The second-order valence-electron chi connectivity index (χ2n) is 5.94. The number of rotatable bonds is 9. The van der Waals surface area contributed by atoms with Gasteiger partial charge in [0, 0.05) is 12.7 Å². The Morgan fingerprint density at radius 2 is 1.73 bits per heavy atom. The largest absolute Gasteiger partial charge is 0.455 e. The number of ether oxygens (including phenoxy) is 1. The molecule has 1 aromatic heterocycles. The topological polar surface area (TPSA) is 59.1 Å². The summed E-state index contributed by atoms with van der Waals surface area (Å²) in [6, 6.07) is 19.3. The van der Waals surface area contributed by atoms with Gasteiger partial charge in [0.25, 0.3) is 0 Å². The van der Waals surface area contributed by atoms with Crippen molar-refractivity contribution in [2.45, 2.75) is 26.2 Å². The molecular formula is C21H24N4O. The molecule has 1 heterocycles. The van der Waals surface area contributed by atoms with Gasteiger partial charge in [-0.05, 0) is 36.8 Å². The molecule has 3 rings (SSSR count). The van der Waals surface area contributed by atoms with Crippen molar-refractivity contribution in [3.8, 4) is 11.5 Å². The molecule has 0 radical (unpaired) electrons. The zero-order valence-electron chi connectivity index (χ0n) is 15.0. The molecule has 0 unspecified atom stereocenters. The van der Waals surface area contributed by atoms with Crippen molar-refractivity contribution in [2.24, 2.45) is 0 Å². The summed E-state index contributed by atoms with van der Waals surface area (Å²) in [6.07, 6.45) is 5.30. The highest BCUT2D eigenvalue weighted by Crippen LogP contribution is 2.30. The van der Waals surface area contributed by atoms with Crippen LogP contribution in [0.15, 0.2) is 66.9 Å². The minimum Gasteiger partial charge on any atom is -0.455 e. The minimum atomic E-state index is 0.537. The molecule has 5 heteroatoms. The number of anilines is 3. The highest BCUT2D eigenvalue weighted by atomic mass is 16.5. The molecule has 0 fully saturated rings. The van der Waals surface area contributed by atoms with Crippen LogP contribution in [-0.2, 0) is 0 Å². The van der Waals surface area contributed by atoms with Crippen molar-refractivity contribution >= 4 is 17.5 Å². The number of nitrogens with zero attached hydrogens (tertiary/aromatic N) is 2. The number of benzene rings is 2. The Balaban J connectivity index is 1.69. The number of nitrogens with one attached hydrogen (secondary N) is 2. The van der Waals surface area contributed by atoms with Gasteiger partial charge in [-0.15, -0.1) is 0 Å². The van der Waals surface area contributed by atoms with E-state index in [1.165, 1.54) is 12.8 Å². The fourth-order valence-electron chi connectivity index (χ4n) is 2.50. The Bertz CT molecular complexity index is 808. The molecule has 0 aliphatic carbocycles. The minimum absolute atomic E-state index is 0.537. The van der Waals surface area contributed by atoms with Gasteiger partial charge >= 0.3 is 0 Å². The maximum absolute atomic E-state index is 5.97. The molecule has 0 saturated carbocycles. The van der Waals surface area contributed by atoms with Crippen LogP contribution in [0.3, 0.4) is 0 Å². The van der Waals surface area contributed by atoms with Crippen molar-refractivity contribution in [2.75, 3.05) is 17.2 Å². The molecule has 2 N–H and O–H groups in total. The molecule has 0 atom stereocenters. The Morgan fingerprint density at radius 3 is 2.58 bits per heavy atom. The second kappa shape index (κ2) is 9.42. The quantitative estimate of drug-likeness (QED) is 0.492. The average molecular weight is 348 g/mol. The van der Waals surface area contributed by atoms with E-state index in [4.69, 9.17) is 4.74 Å². The molecule has 0 spiro atoms. The molecule has 3 aromatic rings. The third kappa shape index (κ3) is 5.21. The summed E-state index contributed by atoms with van der Waals surface area (Å²) in [5, 5.41) is 6.59. The highest BCUT2D eigenvalue weighted by molar-refractivity contribution is 5.63. The lowest BCUT2D eigenvalue weighted by atomic mass is 10.2. The molecule has 0 saturated heterocycles. The number of hydrogen-bond donors (Lipinski definition) is 2. The Kier molecular flexibility index (Phi) is 6.42. The molecule has 134 valence electrons. The first-order valence-electron chi connectivity index (χ1n) is 9.01. The van der Waals surface area contributed by atoms with Gasteiger partial charge in [-0.25, -0.2) is 4.98 Å². The van der Waals surface area contributed by atoms with E-state index in [9.17, 15) is 0 Å². The van der Waals surface area contributed by atoms with E-state index in [0.29, 0.717) is 5.95 Å². The van der Waals surface area contributed by atoms with Crippen LogP contribution >= 0.6 is 0 Å². The summed E-state index contributed by atoms with van der Waals surface area (Å²) >= 11 is 0. The fourth-order valence-corrected chi connectivity index (χ4v) is 2.50. The predicted octanol–water partition coefficient (Wildman–Crippen LogP) is 5.61. The molecule has 5 nitrogen and oxygen atoms in total. The van der Waals surface area contributed by atoms with Gasteiger partial charge in [-0.3, -0.25) is 0 Å². The summed E-state index contributed by atoms with van der Waals surface area (Å²) in [4.78, 5) is 8.83. The van der Waals surface area contributed by atoms with Gasteiger partial charge in [-0.2, -0.15) is 4.98 Å². The summed E-state index contributed by atoms with van der Waals surface area (Å²) in [7, 11) is 0. The Labute approximate surface area is 154 Å². The van der Waals surface area contributed by atoms with Crippen LogP contribution in [-0.4, -0.2) is 16.5 Å². The van der Waals surface area contributed by atoms with E-state index in [1.807, 2.05) is 60.7 Å². The van der Waals surface area contributed by atoms with Crippen LogP contribution in [0, 0.1) is 0 Å². The summed E-state index contributed by atoms with van der Waals surface area (Å²) in [5.41, 5.74) is 0.819. The molecule has 26 heavy (non-hydrogen) atoms. The van der Waals surface area contributed by atoms with Crippen LogP contribution in [0.25, 0.3) is 0 Å².